The first-order chi connectivity index (χ1) is 13.7. The number of anilines is 1. The maximum absolute atomic E-state index is 12.8. The minimum Gasteiger partial charge on any atom is -0.485 e. The van der Waals surface area contributed by atoms with Gasteiger partial charge in [0.1, 0.15) is 11.6 Å². The normalized spacial score (nSPS) is 18.0. The molecular formula is C21H23NO5S. The van der Waals surface area contributed by atoms with Crippen molar-refractivity contribution in [3.63, 3.8) is 0 Å². The minimum atomic E-state index is -0.771. The number of thiophene rings is 1. The second-order valence-corrected chi connectivity index (χ2v) is 7.95. The number of nitrogens with one attached hydrogen (secondary N) is 1. The molecule has 4 rings (SSSR count). The molecule has 0 spiro atoms. The molecule has 0 bridgehead atoms. The third-order valence-corrected chi connectivity index (χ3v) is 6.15. The van der Waals surface area contributed by atoms with E-state index in [1.807, 2.05) is 12.1 Å². The van der Waals surface area contributed by atoms with E-state index >= 15 is 0 Å². The quantitative estimate of drug-likeness (QED) is 0.620. The summed E-state index contributed by atoms with van der Waals surface area (Å²) in [6.45, 7) is 2.21. The molecule has 1 aromatic carbocycles. The van der Waals surface area contributed by atoms with Gasteiger partial charge in [-0.15, -0.1) is 11.3 Å². The Morgan fingerprint density at radius 1 is 1.18 bits per heavy atom. The lowest BCUT2D eigenvalue weighted by Gasteiger charge is -2.25. The zero-order valence-corrected chi connectivity index (χ0v) is 16.6. The van der Waals surface area contributed by atoms with Crippen molar-refractivity contribution in [3.8, 4) is 11.5 Å². The number of carbonyl (C=O) groups is 2. The molecule has 1 atom stereocenters. The molecule has 1 aliphatic heterocycles. The number of benzene rings is 1. The fourth-order valence-electron chi connectivity index (χ4n) is 3.59. The Morgan fingerprint density at radius 2 is 1.96 bits per heavy atom. The van der Waals surface area contributed by atoms with E-state index in [4.69, 9.17) is 14.2 Å². The minimum absolute atomic E-state index is 0.128. The molecule has 0 fully saturated rings. The number of ether oxygens (including phenoxy) is 3. The first-order valence-electron chi connectivity index (χ1n) is 9.68. The second-order valence-electron chi connectivity index (χ2n) is 6.84. The zero-order chi connectivity index (χ0) is 19.5. The summed E-state index contributed by atoms with van der Waals surface area (Å²) in [6.07, 6.45) is 4.29. The number of carbonyl (C=O) groups excluding carboxylic acids is 2. The van der Waals surface area contributed by atoms with Gasteiger partial charge in [0.2, 0.25) is 6.10 Å². The number of hydrogen-bond donors (Lipinski definition) is 1. The van der Waals surface area contributed by atoms with Crippen LogP contribution in [-0.4, -0.2) is 31.2 Å². The van der Waals surface area contributed by atoms with Gasteiger partial charge < -0.3 is 19.5 Å². The van der Waals surface area contributed by atoms with E-state index < -0.39 is 6.10 Å². The molecule has 2 aliphatic rings. The highest BCUT2D eigenvalue weighted by atomic mass is 32.1. The summed E-state index contributed by atoms with van der Waals surface area (Å²) in [5.74, 6) is 0.475. The van der Waals surface area contributed by atoms with Gasteiger partial charge in [-0.3, -0.25) is 4.79 Å². The van der Waals surface area contributed by atoms with Crippen LogP contribution in [0.5, 0.6) is 11.5 Å². The summed E-state index contributed by atoms with van der Waals surface area (Å²) >= 11 is 1.48. The van der Waals surface area contributed by atoms with Crippen LogP contribution in [0.3, 0.4) is 0 Å². The van der Waals surface area contributed by atoms with Gasteiger partial charge in [-0.2, -0.15) is 0 Å². The van der Waals surface area contributed by atoms with Gasteiger partial charge in [-0.25, -0.2) is 4.79 Å². The fourth-order valence-corrected chi connectivity index (χ4v) is 4.87. The van der Waals surface area contributed by atoms with Crippen LogP contribution in [0.25, 0.3) is 0 Å². The Balaban J connectivity index is 1.57. The van der Waals surface area contributed by atoms with Crippen molar-refractivity contribution in [2.24, 2.45) is 0 Å². The summed E-state index contributed by atoms with van der Waals surface area (Å²) in [5, 5.41) is 3.46. The fraction of sp³-hybridized carbons (Fsp3) is 0.429. The van der Waals surface area contributed by atoms with Crippen molar-refractivity contribution in [3.05, 3.63) is 40.3 Å². The van der Waals surface area contributed by atoms with Crippen molar-refractivity contribution < 1.29 is 23.8 Å². The summed E-state index contributed by atoms with van der Waals surface area (Å²) < 4.78 is 16.7. The molecule has 2 heterocycles. The molecule has 1 amide bonds. The molecule has 1 aliphatic carbocycles. The Labute approximate surface area is 167 Å². The maximum atomic E-state index is 12.8. The van der Waals surface area contributed by atoms with Crippen LogP contribution in [-0.2, 0) is 22.4 Å². The molecule has 0 saturated heterocycles. The average Bonchev–Trinajstić information content (AvgIpc) is 2.88. The standard InChI is InChI=1S/C21H23NO5S/c1-2-25-21(24)18-13-8-4-3-5-11-17(13)28-20(18)22-19(23)16-12-26-14-9-6-7-10-15(14)27-16/h6-7,9-10,16H,2-5,8,11-12H2,1H3,(H,22,23). The van der Waals surface area contributed by atoms with Crippen LogP contribution in [0.2, 0.25) is 0 Å². The summed E-state index contributed by atoms with van der Waals surface area (Å²) in [5.41, 5.74) is 1.54. The van der Waals surface area contributed by atoms with Crippen molar-refractivity contribution in [1.82, 2.24) is 0 Å². The van der Waals surface area contributed by atoms with Crippen LogP contribution < -0.4 is 14.8 Å². The Hall–Kier alpha value is -2.54. The Kier molecular flexibility index (Phi) is 5.52. The SMILES string of the molecule is CCOC(=O)c1c(NC(=O)C2COc3ccccc3O2)sc2c1CCCCC2. The van der Waals surface area contributed by atoms with Gasteiger partial charge in [-0.1, -0.05) is 18.6 Å². The zero-order valence-electron chi connectivity index (χ0n) is 15.8. The van der Waals surface area contributed by atoms with Gasteiger partial charge in [-0.05, 0) is 50.3 Å². The number of hydrogen-bond acceptors (Lipinski definition) is 6. The van der Waals surface area contributed by atoms with Crippen LogP contribution in [0.4, 0.5) is 5.00 Å². The average molecular weight is 401 g/mol. The lowest BCUT2D eigenvalue weighted by Crippen LogP contribution is -2.40. The van der Waals surface area contributed by atoms with E-state index in [1.54, 1.807) is 19.1 Å². The molecule has 1 unspecified atom stereocenters. The lowest BCUT2D eigenvalue weighted by atomic mass is 10.1. The van der Waals surface area contributed by atoms with Crippen LogP contribution in [0, 0.1) is 0 Å². The van der Waals surface area contributed by atoms with Crippen LogP contribution in [0.1, 0.15) is 47.0 Å². The molecule has 0 radical (unpaired) electrons. The number of amides is 1. The summed E-state index contributed by atoms with van der Waals surface area (Å²) in [4.78, 5) is 26.6. The molecule has 148 valence electrons. The summed E-state index contributed by atoms with van der Waals surface area (Å²) in [6, 6.07) is 7.26. The topological polar surface area (TPSA) is 73.9 Å². The van der Waals surface area contributed by atoms with Crippen molar-refractivity contribution in [2.45, 2.75) is 45.1 Å². The van der Waals surface area contributed by atoms with Gasteiger partial charge >= 0.3 is 5.97 Å². The van der Waals surface area contributed by atoms with E-state index in [0.717, 1.165) is 37.7 Å². The smallest absolute Gasteiger partial charge is 0.341 e. The first kappa shape index (κ1) is 18.8. The molecule has 6 nitrogen and oxygen atoms in total. The molecular weight excluding hydrogens is 378 g/mol. The van der Waals surface area contributed by atoms with Crippen LogP contribution in [0.15, 0.2) is 24.3 Å². The number of fused-ring (bicyclic) bond motifs is 2. The van der Waals surface area contributed by atoms with E-state index in [1.165, 1.54) is 16.2 Å². The van der Waals surface area contributed by atoms with Gasteiger partial charge in [0.15, 0.2) is 11.5 Å². The van der Waals surface area contributed by atoms with E-state index in [0.29, 0.717) is 28.7 Å². The van der Waals surface area contributed by atoms with Gasteiger partial charge in [0.05, 0.1) is 12.2 Å². The van der Waals surface area contributed by atoms with E-state index in [-0.39, 0.29) is 18.5 Å². The number of esters is 1. The van der Waals surface area contributed by atoms with Gasteiger partial charge in [0, 0.05) is 4.88 Å². The Morgan fingerprint density at radius 3 is 2.79 bits per heavy atom. The number of rotatable bonds is 4. The number of para-hydroxylation sites is 2. The first-order valence-corrected chi connectivity index (χ1v) is 10.5. The molecule has 7 heteroatoms. The lowest BCUT2D eigenvalue weighted by molar-refractivity contribution is -0.125. The molecule has 28 heavy (non-hydrogen) atoms. The third-order valence-electron chi connectivity index (χ3n) is 4.94. The monoisotopic (exact) mass is 401 g/mol. The van der Waals surface area contributed by atoms with E-state index in [9.17, 15) is 9.59 Å². The highest BCUT2D eigenvalue weighted by Crippen LogP contribution is 2.38. The van der Waals surface area contributed by atoms with E-state index in [2.05, 4.69) is 5.32 Å². The highest BCUT2D eigenvalue weighted by molar-refractivity contribution is 7.17. The highest BCUT2D eigenvalue weighted by Gasteiger charge is 2.31. The molecule has 1 aromatic heterocycles. The molecule has 0 saturated carbocycles. The van der Waals surface area contributed by atoms with Crippen molar-refractivity contribution in [2.75, 3.05) is 18.5 Å². The second kappa shape index (κ2) is 8.22. The van der Waals surface area contributed by atoms with Crippen molar-refractivity contribution in [1.29, 1.82) is 0 Å². The summed E-state index contributed by atoms with van der Waals surface area (Å²) in [7, 11) is 0. The molecule has 2 aromatic rings. The third kappa shape index (κ3) is 3.71. The van der Waals surface area contributed by atoms with Gasteiger partial charge in [0.25, 0.3) is 5.91 Å². The largest absolute Gasteiger partial charge is 0.485 e. The van der Waals surface area contributed by atoms with Crippen LogP contribution >= 0.6 is 11.3 Å². The predicted molar refractivity (Wildman–Crippen MR) is 107 cm³/mol. The predicted octanol–water partition coefficient (Wildman–Crippen LogP) is 3.97. The Bertz CT molecular complexity index is 891. The maximum Gasteiger partial charge on any atom is 0.341 e. The molecule has 1 N–H and O–H groups in total. The number of aryl methyl sites for hydroxylation is 1. The van der Waals surface area contributed by atoms with Crippen molar-refractivity contribution >= 4 is 28.2 Å².